The SMILES string of the molecule is CC1CC(c2cccc(-c3cnc4c(C(F)(F)F)c(F)c(CNC5(C)CCC5)cn4c3=O)c2)(c2nncn2C)C1. The first-order chi connectivity index (χ1) is 18.9. The van der Waals surface area contributed by atoms with Crippen LogP contribution in [0.1, 0.15) is 68.5 Å². The summed E-state index contributed by atoms with van der Waals surface area (Å²) in [6, 6.07) is 7.40. The van der Waals surface area contributed by atoms with E-state index in [-0.39, 0.29) is 28.6 Å². The number of aromatic nitrogens is 5. The first-order valence-corrected chi connectivity index (χ1v) is 13.4. The summed E-state index contributed by atoms with van der Waals surface area (Å²) < 4.78 is 60.2. The summed E-state index contributed by atoms with van der Waals surface area (Å²) in [7, 11) is 1.89. The van der Waals surface area contributed by atoms with Crippen molar-refractivity contribution in [1.82, 2.24) is 29.5 Å². The summed E-state index contributed by atoms with van der Waals surface area (Å²) in [4.78, 5) is 17.7. The quantitative estimate of drug-likeness (QED) is 0.323. The van der Waals surface area contributed by atoms with Crippen LogP contribution >= 0.6 is 0 Å². The lowest BCUT2D eigenvalue weighted by molar-refractivity contribution is -0.139. The third-order valence-electron chi connectivity index (χ3n) is 8.71. The maximum absolute atomic E-state index is 15.3. The number of rotatable bonds is 6. The number of alkyl halides is 3. The zero-order valence-electron chi connectivity index (χ0n) is 22.5. The van der Waals surface area contributed by atoms with E-state index in [9.17, 15) is 18.0 Å². The zero-order chi connectivity index (χ0) is 28.4. The average Bonchev–Trinajstić information content (AvgIpc) is 3.30. The van der Waals surface area contributed by atoms with E-state index in [1.54, 1.807) is 12.4 Å². The van der Waals surface area contributed by atoms with Crippen molar-refractivity contribution in [2.75, 3.05) is 0 Å². The van der Waals surface area contributed by atoms with Crippen molar-refractivity contribution in [2.24, 2.45) is 13.0 Å². The summed E-state index contributed by atoms with van der Waals surface area (Å²) in [5.74, 6) is -0.119. The molecule has 0 unspecified atom stereocenters. The van der Waals surface area contributed by atoms with Gasteiger partial charge in [0.2, 0.25) is 0 Å². The minimum absolute atomic E-state index is 0.129. The van der Waals surface area contributed by atoms with Gasteiger partial charge in [-0.25, -0.2) is 9.37 Å². The highest BCUT2D eigenvalue weighted by atomic mass is 19.4. The third-order valence-corrected chi connectivity index (χ3v) is 8.71. The van der Waals surface area contributed by atoms with Gasteiger partial charge in [-0.2, -0.15) is 13.2 Å². The van der Waals surface area contributed by atoms with E-state index in [2.05, 4.69) is 27.4 Å². The Morgan fingerprint density at radius 2 is 1.95 bits per heavy atom. The second kappa shape index (κ2) is 9.22. The Balaban J connectivity index is 1.47. The number of nitrogens with zero attached hydrogens (tertiary/aromatic N) is 5. The van der Waals surface area contributed by atoms with Crippen molar-refractivity contribution in [3.8, 4) is 11.1 Å². The Hall–Kier alpha value is -3.60. The van der Waals surface area contributed by atoms with Crippen molar-refractivity contribution in [3.05, 3.63) is 81.7 Å². The smallest absolute Gasteiger partial charge is 0.320 e. The maximum Gasteiger partial charge on any atom is 0.422 e. The molecule has 1 N–H and O–H groups in total. The molecule has 0 atom stereocenters. The van der Waals surface area contributed by atoms with Gasteiger partial charge in [-0.3, -0.25) is 9.20 Å². The fourth-order valence-electron chi connectivity index (χ4n) is 6.39. The molecule has 0 saturated heterocycles. The fourth-order valence-corrected chi connectivity index (χ4v) is 6.39. The molecule has 3 aromatic heterocycles. The Morgan fingerprint density at radius 1 is 1.20 bits per heavy atom. The third kappa shape index (κ3) is 4.22. The van der Waals surface area contributed by atoms with Crippen LogP contribution < -0.4 is 10.9 Å². The van der Waals surface area contributed by atoms with Gasteiger partial charge >= 0.3 is 6.18 Å². The summed E-state index contributed by atoms with van der Waals surface area (Å²) in [5, 5.41) is 11.6. The van der Waals surface area contributed by atoms with Crippen molar-refractivity contribution >= 4 is 5.65 Å². The van der Waals surface area contributed by atoms with Crippen LogP contribution in [-0.2, 0) is 25.2 Å². The van der Waals surface area contributed by atoms with Gasteiger partial charge in [-0.15, -0.1) is 10.2 Å². The normalized spacial score (nSPS) is 22.2. The molecule has 2 aliphatic carbocycles. The monoisotopic (exact) mass is 554 g/mol. The fraction of sp³-hybridized carbons (Fsp3) is 0.448. The lowest BCUT2D eigenvalue weighted by Crippen LogP contribution is -2.47. The lowest BCUT2D eigenvalue weighted by atomic mass is 9.58. The molecule has 11 heteroatoms. The molecule has 4 aromatic rings. The number of halogens is 4. The van der Waals surface area contributed by atoms with Crippen LogP contribution in [-0.4, -0.2) is 29.7 Å². The molecule has 2 fully saturated rings. The molecule has 210 valence electrons. The van der Waals surface area contributed by atoms with Crippen molar-refractivity contribution in [3.63, 3.8) is 0 Å². The average molecular weight is 555 g/mol. The molecular weight excluding hydrogens is 524 g/mol. The molecular formula is C29H30F4N6O. The number of hydrogen-bond donors (Lipinski definition) is 1. The van der Waals surface area contributed by atoms with E-state index >= 15 is 4.39 Å². The molecule has 7 nitrogen and oxygen atoms in total. The molecule has 1 aromatic carbocycles. The standard InChI is InChI=1S/C29H30F4N6O/c1-17-11-28(12-17,26-37-36-16-38(26)3)20-7-4-6-18(10-20)21-14-34-24-22(29(31,32)33)23(30)19(15-39(24)25(21)40)13-35-27(2)8-5-9-27/h4,6-7,10,14-17,35H,5,8-9,11-13H2,1-3H3. The van der Waals surface area contributed by atoms with E-state index < -0.39 is 28.8 Å². The van der Waals surface area contributed by atoms with E-state index in [1.165, 1.54) is 0 Å². The molecule has 3 heterocycles. The Kier molecular flexibility index (Phi) is 6.14. The lowest BCUT2D eigenvalue weighted by Gasteiger charge is -2.46. The van der Waals surface area contributed by atoms with Crippen LogP contribution in [0.4, 0.5) is 17.6 Å². The van der Waals surface area contributed by atoms with Crippen LogP contribution in [0.15, 0.2) is 47.8 Å². The second-order valence-electron chi connectivity index (χ2n) is 11.7. The minimum Gasteiger partial charge on any atom is -0.320 e. The molecule has 0 amide bonds. The summed E-state index contributed by atoms with van der Waals surface area (Å²) in [6.45, 7) is 3.98. The summed E-state index contributed by atoms with van der Waals surface area (Å²) in [6.07, 6.45) is 3.27. The van der Waals surface area contributed by atoms with Gasteiger partial charge in [0.15, 0.2) is 5.65 Å². The Bertz CT molecular complexity index is 1660. The number of fused-ring (bicyclic) bond motifs is 1. The highest BCUT2D eigenvalue weighted by Crippen LogP contribution is 2.51. The van der Waals surface area contributed by atoms with Crippen LogP contribution in [0.3, 0.4) is 0 Å². The van der Waals surface area contributed by atoms with Crippen LogP contribution in [0.5, 0.6) is 0 Å². The molecule has 0 bridgehead atoms. The molecule has 0 aliphatic heterocycles. The minimum atomic E-state index is -5.03. The van der Waals surface area contributed by atoms with Crippen molar-refractivity contribution < 1.29 is 17.6 Å². The van der Waals surface area contributed by atoms with Gasteiger partial charge in [-0.1, -0.05) is 25.1 Å². The number of nitrogens with one attached hydrogen (secondary N) is 1. The van der Waals surface area contributed by atoms with Gasteiger partial charge in [-0.05, 0) is 62.1 Å². The number of aryl methyl sites for hydroxylation is 1. The van der Waals surface area contributed by atoms with Gasteiger partial charge in [0, 0.05) is 37.1 Å². The first-order valence-electron chi connectivity index (χ1n) is 13.4. The molecule has 40 heavy (non-hydrogen) atoms. The molecule has 2 aliphatic rings. The van der Waals surface area contributed by atoms with Crippen LogP contribution in [0.25, 0.3) is 16.8 Å². The molecule has 2 saturated carbocycles. The van der Waals surface area contributed by atoms with Gasteiger partial charge < -0.3 is 9.88 Å². The second-order valence-corrected chi connectivity index (χ2v) is 11.7. The largest absolute Gasteiger partial charge is 0.422 e. The summed E-state index contributed by atoms with van der Waals surface area (Å²) >= 11 is 0. The molecule has 0 radical (unpaired) electrons. The highest BCUT2D eigenvalue weighted by molar-refractivity contribution is 5.66. The van der Waals surface area contributed by atoms with Gasteiger partial charge in [0.05, 0.1) is 11.0 Å². The molecule has 6 rings (SSSR count). The van der Waals surface area contributed by atoms with E-state index in [0.717, 1.165) is 60.3 Å². The van der Waals surface area contributed by atoms with E-state index in [4.69, 9.17) is 0 Å². The van der Waals surface area contributed by atoms with Gasteiger partial charge in [0.25, 0.3) is 5.56 Å². The van der Waals surface area contributed by atoms with Crippen molar-refractivity contribution in [1.29, 1.82) is 0 Å². The van der Waals surface area contributed by atoms with E-state index in [0.29, 0.717) is 11.5 Å². The number of benzene rings is 1. The first kappa shape index (κ1) is 26.6. The summed E-state index contributed by atoms with van der Waals surface area (Å²) in [5.41, 5.74) is -2.27. The topological polar surface area (TPSA) is 77.1 Å². The molecule has 0 spiro atoms. The van der Waals surface area contributed by atoms with Gasteiger partial charge in [0.1, 0.15) is 23.5 Å². The highest BCUT2D eigenvalue weighted by Gasteiger charge is 2.48. The van der Waals surface area contributed by atoms with Crippen molar-refractivity contribution in [2.45, 2.75) is 69.6 Å². The van der Waals surface area contributed by atoms with Crippen LogP contribution in [0, 0.1) is 11.7 Å². The Morgan fingerprint density at radius 3 is 2.55 bits per heavy atom. The zero-order valence-corrected chi connectivity index (χ0v) is 22.5. The number of pyridine rings is 1. The predicted molar refractivity (Wildman–Crippen MR) is 141 cm³/mol. The number of hydrogen-bond acceptors (Lipinski definition) is 5. The van der Waals surface area contributed by atoms with Crippen LogP contribution in [0.2, 0.25) is 0 Å². The maximum atomic E-state index is 15.3. The van der Waals surface area contributed by atoms with E-state index in [1.807, 2.05) is 36.7 Å². The Labute approximate surface area is 228 Å². The predicted octanol–water partition coefficient (Wildman–Crippen LogP) is 5.40.